The Bertz CT molecular complexity index is 1330. The molecule has 0 bridgehead atoms. The zero-order chi connectivity index (χ0) is 26.3. The van der Waals surface area contributed by atoms with Crippen LogP contribution in [0.3, 0.4) is 0 Å². The standard InChI is InChI=1S/C20H24ClFN4O8P2/c1-11(12-5-3-2-4-6-12)23-17-13-7-8-26(18(13)25-20(21)24-17)19-15(22)16(27)14(34-19)9-33-36(31,32)10-35(28,29)30/h2-8,11,14-16,19,27H,9-10H2,1H3,(H,31,32)(H,23,24,25)(H2,28,29,30)/t11?,14-,15+,16-,19-/m1/s1. The molecule has 196 valence electrons. The van der Waals surface area contributed by atoms with Crippen LogP contribution in [0.4, 0.5) is 10.2 Å². The van der Waals surface area contributed by atoms with E-state index in [0.717, 1.165) is 5.56 Å². The second-order valence-electron chi connectivity index (χ2n) is 8.32. The van der Waals surface area contributed by atoms with E-state index in [9.17, 15) is 19.1 Å². The summed E-state index contributed by atoms with van der Waals surface area (Å²) in [5.74, 6) is -1.02. The smallest absolute Gasteiger partial charge is 0.340 e. The van der Waals surface area contributed by atoms with E-state index in [-0.39, 0.29) is 17.0 Å². The normalized spacial score (nSPS) is 25.1. The van der Waals surface area contributed by atoms with Crippen LogP contribution in [-0.4, -0.2) is 65.2 Å². The molecular formula is C20H24ClFN4O8P2. The van der Waals surface area contributed by atoms with Crippen molar-refractivity contribution in [3.8, 4) is 0 Å². The molecule has 1 aliphatic rings. The Hall–Kier alpha value is -1.92. The summed E-state index contributed by atoms with van der Waals surface area (Å²) in [4.78, 5) is 35.9. The van der Waals surface area contributed by atoms with Crippen LogP contribution in [0.25, 0.3) is 11.0 Å². The van der Waals surface area contributed by atoms with Crippen molar-refractivity contribution in [2.24, 2.45) is 0 Å². The minimum atomic E-state index is -4.85. The van der Waals surface area contributed by atoms with Crippen LogP contribution in [0.1, 0.15) is 24.8 Å². The van der Waals surface area contributed by atoms with Gasteiger partial charge in [-0.15, -0.1) is 0 Å². The summed E-state index contributed by atoms with van der Waals surface area (Å²) in [6.45, 7) is 1.15. The summed E-state index contributed by atoms with van der Waals surface area (Å²) in [7, 11) is -9.56. The van der Waals surface area contributed by atoms with E-state index in [2.05, 4.69) is 19.8 Å². The highest BCUT2D eigenvalue weighted by atomic mass is 35.5. The topological polar surface area (TPSA) is 176 Å². The molecule has 0 saturated carbocycles. The van der Waals surface area contributed by atoms with Gasteiger partial charge in [-0.25, -0.2) is 9.37 Å². The van der Waals surface area contributed by atoms with E-state index in [1.165, 1.54) is 10.8 Å². The Morgan fingerprint density at radius 1 is 1.22 bits per heavy atom. The maximum absolute atomic E-state index is 15.0. The maximum Gasteiger partial charge on any atom is 0.340 e. The summed E-state index contributed by atoms with van der Waals surface area (Å²) in [6.07, 6.45) is -5.05. The van der Waals surface area contributed by atoms with Crippen LogP contribution in [0.2, 0.25) is 5.28 Å². The number of alkyl halides is 1. The Labute approximate surface area is 209 Å². The molecule has 0 aliphatic carbocycles. The Kier molecular flexibility index (Phi) is 7.87. The Morgan fingerprint density at radius 2 is 1.92 bits per heavy atom. The molecule has 12 nitrogen and oxygen atoms in total. The first-order valence-corrected chi connectivity index (χ1v) is 14.6. The van der Waals surface area contributed by atoms with Crippen LogP contribution in [0.15, 0.2) is 42.6 Å². The Balaban J connectivity index is 1.55. The summed E-state index contributed by atoms with van der Waals surface area (Å²) in [6, 6.07) is 11.1. The van der Waals surface area contributed by atoms with E-state index in [1.807, 2.05) is 37.3 Å². The number of hydrogen-bond acceptors (Lipinski definition) is 8. The zero-order valence-electron chi connectivity index (χ0n) is 18.8. The summed E-state index contributed by atoms with van der Waals surface area (Å²) in [5, 5.41) is 13.9. The number of aromatic nitrogens is 3. The lowest BCUT2D eigenvalue weighted by Gasteiger charge is -2.19. The molecule has 0 amide bonds. The number of fused-ring (bicyclic) bond motifs is 1. The van der Waals surface area contributed by atoms with Crippen molar-refractivity contribution in [3.63, 3.8) is 0 Å². The van der Waals surface area contributed by atoms with E-state index in [0.29, 0.717) is 11.2 Å². The van der Waals surface area contributed by atoms with Gasteiger partial charge in [0.05, 0.1) is 12.0 Å². The van der Waals surface area contributed by atoms with E-state index in [1.54, 1.807) is 6.07 Å². The highest BCUT2D eigenvalue weighted by molar-refractivity contribution is 7.70. The predicted molar refractivity (Wildman–Crippen MR) is 129 cm³/mol. The summed E-state index contributed by atoms with van der Waals surface area (Å²) < 4.78 is 49.5. The molecule has 3 heterocycles. The third-order valence-corrected chi connectivity index (χ3v) is 9.19. The number of nitrogens with zero attached hydrogens (tertiary/aromatic N) is 3. The lowest BCUT2D eigenvalue weighted by molar-refractivity contribution is -0.0423. The third kappa shape index (κ3) is 6.13. The minimum absolute atomic E-state index is 0.113. The van der Waals surface area contributed by atoms with Gasteiger partial charge in [0.15, 0.2) is 18.3 Å². The number of aliphatic hydroxyl groups is 1. The van der Waals surface area contributed by atoms with Gasteiger partial charge < -0.3 is 38.9 Å². The number of benzene rings is 1. The lowest BCUT2D eigenvalue weighted by Crippen LogP contribution is -2.31. The number of halogens is 2. The van der Waals surface area contributed by atoms with Gasteiger partial charge in [0.2, 0.25) is 5.28 Å². The van der Waals surface area contributed by atoms with Crippen LogP contribution in [0, 0.1) is 0 Å². The summed E-state index contributed by atoms with van der Waals surface area (Å²) >= 11 is 6.13. The molecule has 3 aromatic rings. The number of anilines is 1. The fraction of sp³-hybridized carbons (Fsp3) is 0.400. The molecule has 4 rings (SSSR count). The molecule has 36 heavy (non-hydrogen) atoms. The van der Waals surface area contributed by atoms with E-state index < -0.39 is 52.3 Å². The second kappa shape index (κ2) is 10.4. The van der Waals surface area contributed by atoms with Gasteiger partial charge in [0, 0.05) is 12.2 Å². The number of nitrogens with one attached hydrogen (secondary N) is 1. The minimum Gasteiger partial charge on any atom is -0.387 e. The summed E-state index contributed by atoms with van der Waals surface area (Å²) in [5.41, 5.74) is 1.21. The second-order valence-corrected chi connectivity index (χ2v) is 12.6. The Morgan fingerprint density at radius 3 is 2.58 bits per heavy atom. The SMILES string of the molecule is CC(Nc1nc(Cl)nc2c1ccn2[C@@H]1O[C@H](COP(=O)(O)CP(=O)(O)O)[C@@H](O)[C@@H]1F)c1ccccc1. The van der Waals surface area contributed by atoms with Crippen molar-refractivity contribution >= 4 is 43.6 Å². The van der Waals surface area contributed by atoms with Gasteiger partial charge in [-0.3, -0.25) is 9.13 Å². The number of rotatable bonds is 9. The molecule has 5 N–H and O–H groups in total. The van der Waals surface area contributed by atoms with Crippen LogP contribution in [-0.2, 0) is 18.4 Å². The molecule has 2 aromatic heterocycles. The monoisotopic (exact) mass is 564 g/mol. The largest absolute Gasteiger partial charge is 0.387 e. The van der Waals surface area contributed by atoms with Crippen LogP contribution < -0.4 is 5.32 Å². The van der Waals surface area contributed by atoms with Crippen molar-refractivity contribution < 1.29 is 42.6 Å². The first-order valence-electron chi connectivity index (χ1n) is 10.7. The van der Waals surface area contributed by atoms with Crippen molar-refractivity contribution in [3.05, 3.63) is 53.4 Å². The fourth-order valence-corrected chi connectivity index (χ4v) is 6.61. The average Bonchev–Trinajstić information content (AvgIpc) is 3.32. The molecule has 16 heteroatoms. The van der Waals surface area contributed by atoms with Crippen molar-refractivity contribution in [2.45, 2.75) is 37.6 Å². The quantitative estimate of drug-likeness (QED) is 0.190. The lowest BCUT2D eigenvalue weighted by atomic mass is 10.1. The molecule has 1 aliphatic heterocycles. The first kappa shape index (κ1) is 27.1. The number of aliphatic hydroxyl groups excluding tert-OH is 1. The number of hydrogen-bond donors (Lipinski definition) is 5. The highest BCUT2D eigenvalue weighted by Gasteiger charge is 2.47. The van der Waals surface area contributed by atoms with Gasteiger partial charge in [0.25, 0.3) is 0 Å². The van der Waals surface area contributed by atoms with Crippen LogP contribution in [0.5, 0.6) is 0 Å². The van der Waals surface area contributed by atoms with Gasteiger partial charge in [-0.1, -0.05) is 30.3 Å². The molecule has 6 atom stereocenters. The van der Waals surface area contributed by atoms with Crippen LogP contribution >= 0.6 is 26.8 Å². The maximum atomic E-state index is 15.0. The van der Waals surface area contributed by atoms with Crippen molar-refractivity contribution in [1.29, 1.82) is 0 Å². The third-order valence-electron chi connectivity index (χ3n) is 5.57. The fourth-order valence-electron chi connectivity index (χ4n) is 3.88. The van der Waals surface area contributed by atoms with Crippen molar-refractivity contribution in [2.75, 3.05) is 17.8 Å². The molecule has 0 spiro atoms. The molecule has 2 unspecified atom stereocenters. The van der Waals surface area contributed by atoms with E-state index >= 15 is 4.39 Å². The molecule has 1 fully saturated rings. The average molecular weight is 565 g/mol. The van der Waals surface area contributed by atoms with Gasteiger partial charge in [-0.05, 0) is 30.2 Å². The van der Waals surface area contributed by atoms with Gasteiger partial charge in [-0.2, -0.15) is 4.98 Å². The van der Waals surface area contributed by atoms with E-state index in [4.69, 9.17) is 26.1 Å². The van der Waals surface area contributed by atoms with Gasteiger partial charge in [0.1, 0.15) is 23.7 Å². The number of ether oxygens (including phenoxy) is 1. The predicted octanol–water partition coefficient (Wildman–Crippen LogP) is 3.19. The first-order chi connectivity index (χ1) is 16.8. The van der Waals surface area contributed by atoms with Gasteiger partial charge >= 0.3 is 15.2 Å². The van der Waals surface area contributed by atoms with Crippen molar-refractivity contribution in [1.82, 2.24) is 14.5 Å². The molecular weight excluding hydrogens is 541 g/mol. The molecule has 1 aromatic carbocycles. The highest BCUT2D eigenvalue weighted by Crippen LogP contribution is 2.55. The molecule has 1 saturated heterocycles. The zero-order valence-corrected chi connectivity index (χ0v) is 21.3. The molecule has 0 radical (unpaired) electrons.